The second kappa shape index (κ2) is 7.60. The number of hydrogen-bond donors (Lipinski definition) is 2. The van der Waals surface area contributed by atoms with Crippen molar-refractivity contribution in [1.29, 1.82) is 0 Å². The Bertz CT molecular complexity index is 1310. The number of nitrogens with one attached hydrogen (secondary N) is 2. The van der Waals surface area contributed by atoms with Gasteiger partial charge in [0.15, 0.2) is 9.84 Å². The fourth-order valence-electron chi connectivity index (χ4n) is 3.14. The first-order valence-corrected chi connectivity index (χ1v) is 11.0. The van der Waals surface area contributed by atoms with Gasteiger partial charge in [-0.05, 0) is 23.8 Å². The van der Waals surface area contributed by atoms with E-state index in [4.69, 9.17) is 0 Å². The molecule has 0 aliphatic rings. The molecule has 4 rings (SSSR count). The number of sulfone groups is 1. The molecule has 4 aromatic rings. The van der Waals surface area contributed by atoms with Crippen LogP contribution in [0.15, 0.2) is 71.6 Å². The number of anilines is 1. The number of H-pyrrole nitrogens is 1. The molecule has 30 heavy (non-hydrogen) atoms. The largest absolute Gasteiger partial charge is 0.380 e. The minimum absolute atomic E-state index is 0.101. The van der Waals surface area contributed by atoms with E-state index in [0.717, 1.165) is 40.3 Å². The molecule has 2 N–H and O–H groups in total. The van der Waals surface area contributed by atoms with Crippen LogP contribution in [-0.2, 0) is 16.4 Å². The van der Waals surface area contributed by atoms with Gasteiger partial charge in [-0.2, -0.15) is 0 Å². The number of aromatic nitrogens is 2. The molecule has 0 atom stereocenters. The molecule has 0 unspecified atom stereocenters. The van der Waals surface area contributed by atoms with Crippen molar-refractivity contribution < 1.29 is 13.3 Å². The molecule has 3 aromatic carbocycles. The molecule has 0 amide bonds. The van der Waals surface area contributed by atoms with E-state index in [-0.39, 0.29) is 10.6 Å². The standard InChI is InChI=1S/C21H18N4O4S/c1-30(28,29)20-12-16(25(26)27)10-11-19(20)22-13-14-6-8-15(9-7-14)21-23-17-4-2-3-5-18(17)24-21/h2-12,22H,13H2,1H3,(H,23,24). The third kappa shape index (κ3) is 4.01. The number of nitrogens with zero attached hydrogens (tertiary/aromatic N) is 2. The van der Waals surface area contributed by atoms with Crippen LogP contribution >= 0.6 is 0 Å². The van der Waals surface area contributed by atoms with E-state index < -0.39 is 14.8 Å². The van der Waals surface area contributed by atoms with Crippen molar-refractivity contribution in [3.8, 4) is 11.4 Å². The maximum absolute atomic E-state index is 12.0. The lowest BCUT2D eigenvalue weighted by atomic mass is 10.1. The highest BCUT2D eigenvalue weighted by atomic mass is 32.2. The summed E-state index contributed by atoms with van der Waals surface area (Å²) in [6.07, 6.45) is 1.03. The van der Waals surface area contributed by atoms with Gasteiger partial charge in [0.1, 0.15) is 5.82 Å². The molecule has 0 aliphatic heterocycles. The van der Waals surface area contributed by atoms with Gasteiger partial charge < -0.3 is 10.3 Å². The van der Waals surface area contributed by atoms with Crippen LogP contribution in [0.2, 0.25) is 0 Å². The lowest BCUT2D eigenvalue weighted by molar-refractivity contribution is -0.385. The average molecular weight is 422 g/mol. The summed E-state index contributed by atoms with van der Waals surface area (Å²) in [5.74, 6) is 0.769. The number of fused-ring (bicyclic) bond motifs is 1. The van der Waals surface area contributed by atoms with E-state index in [0.29, 0.717) is 12.2 Å². The van der Waals surface area contributed by atoms with Crippen molar-refractivity contribution in [2.24, 2.45) is 0 Å². The Balaban J connectivity index is 1.54. The van der Waals surface area contributed by atoms with E-state index in [9.17, 15) is 18.5 Å². The summed E-state index contributed by atoms with van der Waals surface area (Å²) >= 11 is 0. The van der Waals surface area contributed by atoms with Crippen molar-refractivity contribution in [3.63, 3.8) is 0 Å². The maximum atomic E-state index is 12.0. The zero-order chi connectivity index (χ0) is 21.3. The molecular formula is C21H18N4O4S. The molecule has 0 saturated carbocycles. The second-order valence-corrected chi connectivity index (χ2v) is 8.85. The van der Waals surface area contributed by atoms with Crippen LogP contribution < -0.4 is 5.32 Å². The lowest BCUT2D eigenvalue weighted by Crippen LogP contribution is -2.07. The normalized spacial score (nSPS) is 11.5. The van der Waals surface area contributed by atoms with Crippen LogP contribution in [-0.4, -0.2) is 29.6 Å². The molecule has 1 heterocycles. The highest BCUT2D eigenvalue weighted by molar-refractivity contribution is 7.90. The molecule has 0 saturated heterocycles. The smallest absolute Gasteiger partial charge is 0.270 e. The average Bonchev–Trinajstić information content (AvgIpc) is 3.16. The molecular weight excluding hydrogens is 404 g/mol. The minimum atomic E-state index is -3.63. The fourth-order valence-corrected chi connectivity index (χ4v) is 4.02. The van der Waals surface area contributed by atoms with Crippen LogP contribution in [0, 0.1) is 10.1 Å². The van der Waals surface area contributed by atoms with Crippen LogP contribution in [0.4, 0.5) is 11.4 Å². The Morgan fingerprint density at radius 3 is 2.47 bits per heavy atom. The van der Waals surface area contributed by atoms with Crippen molar-refractivity contribution in [1.82, 2.24) is 9.97 Å². The van der Waals surface area contributed by atoms with Crippen LogP contribution in [0.25, 0.3) is 22.4 Å². The molecule has 0 fully saturated rings. The highest BCUT2D eigenvalue weighted by Crippen LogP contribution is 2.27. The Kier molecular flexibility index (Phi) is 4.96. The quantitative estimate of drug-likeness (QED) is 0.356. The molecule has 1 aromatic heterocycles. The number of rotatable bonds is 6. The first-order valence-electron chi connectivity index (χ1n) is 9.08. The first kappa shape index (κ1) is 19.6. The van der Waals surface area contributed by atoms with Crippen molar-refractivity contribution in [2.75, 3.05) is 11.6 Å². The van der Waals surface area contributed by atoms with Gasteiger partial charge in [-0.15, -0.1) is 0 Å². The summed E-state index contributed by atoms with van der Waals surface area (Å²) in [4.78, 5) is 18.1. The second-order valence-electron chi connectivity index (χ2n) is 6.86. The van der Waals surface area contributed by atoms with Gasteiger partial charge in [-0.1, -0.05) is 36.4 Å². The molecule has 0 radical (unpaired) electrons. The molecule has 0 aliphatic carbocycles. The van der Waals surface area contributed by atoms with E-state index in [1.807, 2.05) is 48.5 Å². The third-order valence-electron chi connectivity index (χ3n) is 4.68. The summed E-state index contributed by atoms with van der Waals surface area (Å²) in [5.41, 5.74) is 3.77. The SMILES string of the molecule is CS(=O)(=O)c1cc([N+](=O)[O-])ccc1NCc1ccc(-c2nc3ccccc3[nH]2)cc1. The third-order valence-corrected chi connectivity index (χ3v) is 5.81. The van der Waals surface area contributed by atoms with Gasteiger partial charge >= 0.3 is 0 Å². The Labute approximate surface area is 172 Å². The lowest BCUT2D eigenvalue weighted by Gasteiger charge is -2.11. The highest BCUT2D eigenvalue weighted by Gasteiger charge is 2.18. The van der Waals surface area contributed by atoms with Gasteiger partial charge in [0, 0.05) is 30.5 Å². The number of nitro groups is 1. The Morgan fingerprint density at radius 2 is 1.80 bits per heavy atom. The number of aromatic amines is 1. The summed E-state index contributed by atoms with van der Waals surface area (Å²) in [6.45, 7) is 0.362. The topological polar surface area (TPSA) is 118 Å². The summed E-state index contributed by atoms with van der Waals surface area (Å²) < 4.78 is 24.1. The number of para-hydroxylation sites is 2. The van der Waals surface area contributed by atoms with Gasteiger partial charge in [0.05, 0.1) is 26.5 Å². The van der Waals surface area contributed by atoms with Crippen LogP contribution in [0.1, 0.15) is 5.56 Å². The zero-order valence-corrected chi connectivity index (χ0v) is 16.8. The monoisotopic (exact) mass is 422 g/mol. The van der Waals surface area contributed by atoms with E-state index in [2.05, 4.69) is 15.3 Å². The predicted octanol–water partition coefficient (Wildman–Crippen LogP) is 4.15. The number of nitro benzene ring substituents is 1. The van der Waals surface area contributed by atoms with E-state index in [1.165, 1.54) is 12.1 Å². The number of hydrogen-bond acceptors (Lipinski definition) is 6. The zero-order valence-electron chi connectivity index (χ0n) is 16.0. The van der Waals surface area contributed by atoms with Gasteiger partial charge in [-0.25, -0.2) is 13.4 Å². The first-order chi connectivity index (χ1) is 14.3. The molecule has 152 valence electrons. The van der Waals surface area contributed by atoms with E-state index in [1.54, 1.807) is 0 Å². The molecule has 0 bridgehead atoms. The molecule has 0 spiro atoms. The summed E-state index contributed by atoms with van der Waals surface area (Å²) in [6, 6.07) is 19.3. The molecule has 8 nitrogen and oxygen atoms in total. The number of benzene rings is 3. The van der Waals surface area contributed by atoms with Crippen molar-refractivity contribution in [3.05, 3.63) is 82.4 Å². The van der Waals surface area contributed by atoms with Gasteiger partial charge in [0.25, 0.3) is 5.69 Å². The van der Waals surface area contributed by atoms with Gasteiger partial charge in [0.2, 0.25) is 0 Å². The van der Waals surface area contributed by atoms with Crippen LogP contribution in [0.3, 0.4) is 0 Å². The summed E-state index contributed by atoms with van der Waals surface area (Å²) in [5, 5.41) is 14.0. The number of non-ortho nitro benzene ring substituents is 1. The van der Waals surface area contributed by atoms with Crippen LogP contribution in [0.5, 0.6) is 0 Å². The predicted molar refractivity (Wildman–Crippen MR) is 115 cm³/mol. The fraction of sp³-hybridized carbons (Fsp3) is 0.0952. The van der Waals surface area contributed by atoms with Crippen molar-refractivity contribution >= 4 is 32.2 Å². The van der Waals surface area contributed by atoms with Crippen molar-refractivity contribution in [2.45, 2.75) is 11.4 Å². The summed E-state index contributed by atoms with van der Waals surface area (Å²) in [7, 11) is -3.63. The Morgan fingerprint density at radius 1 is 1.07 bits per heavy atom. The Hall–Kier alpha value is -3.72. The minimum Gasteiger partial charge on any atom is -0.380 e. The van der Waals surface area contributed by atoms with Gasteiger partial charge in [-0.3, -0.25) is 10.1 Å². The maximum Gasteiger partial charge on any atom is 0.270 e. The van der Waals surface area contributed by atoms with E-state index >= 15 is 0 Å². The molecule has 9 heteroatoms. The number of imidazole rings is 1.